The molecule has 0 bridgehead atoms. The van der Waals surface area contributed by atoms with Crippen molar-refractivity contribution in [3.8, 4) is 0 Å². The van der Waals surface area contributed by atoms with Crippen molar-refractivity contribution in [2.24, 2.45) is 7.05 Å². The average molecular weight is 296 g/mol. The van der Waals surface area contributed by atoms with Crippen LogP contribution in [0, 0.1) is 6.92 Å². The summed E-state index contributed by atoms with van der Waals surface area (Å²) in [4.78, 5) is 23.2. The van der Waals surface area contributed by atoms with Gasteiger partial charge in [-0.1, -0.05) is 15.9 Å². The summed E-state index contributed by atoms with van der Waals surface area (Å²) in [6, 6.07) is 5.25. The third-order valence-corrected chi connectivity index (χ3v) is 3.36. The van der Waals surface area contributed by atoms with Crippen molar-refractivity contribution in [3.63, 3.8) is 0 Å². The maximum Gasteiger partial charge on any atom is 0.341 e. The van der Waals surface area contributed by atoms with Gasteiger partial charge in [-0.15, -0.1) is 0 Å². The lowest BCUT2D eigenvalue weighted by atomic mass is 10.1. The van der Waals surface area contributed by atoms with Crippen LogP contribution in [0.5, 0.6) is 0 Å². The second-order valence-electron chi connectivity index (χ2n) is 3.82. The smallest absolute Gasteiger partial charge is 0.341 e. The Kier molecular flexibility index (Phi) is 2.79. The molecule has 1 heterocycles. The van der Waals surface area contributed by atoms with E-state index in [-0.39, 0.29) is 5.56 Å². The Bertz CT molecular complexity index is 688. The summed E-state index contributed by atoms with van der Waals surface area (Å²) in [5.41, 5.74) is 0.570. The van der Waals surface area contributed by atoms with Crippen molar-refractivity contribution in [1.82, 2.24) is 4.57 Å². The Morgan fingerprint density at radius 2 is 2.06 bits per heavy atom. The maximum absolute atomic E-state index is 12.1. The Hall–Kier alpha value is -1.62. The molecule has 0 aliphatic carbocycles. The van der Waals surface area contributed by atoms with Crippen LogP contribution in [0.4, 0.5) is 0 Å². The van der Waals surface area contributed by atoms with Crippen LogP contribution in [-0.4, -0.2) is 15.6 Å². The van der Waals surface area contributed by atoms with Crippen LogP contribution < -0.4 is 5.43 Å². The zero-order valence-corrected chi connectivity index (χ0v) is 10.9. The van der Waals surface area contributed by atoms with Crippen LogP contribution in [0.1, 0.15) is 16.1 Å². The fourth-order valence-corrected chi connectivity index (χ4v) is 2.24. The molecule has 0 amide bonds. The molecule has 0 spiro atoms. The summed E-state index contributed by atoms with van der Waals surface area (Å²) < 4.78 is 2.47. The van der Waals surface area contributed by atoms with Crippen molar-refractivity contribution in [1.29, 1.82) is 0 Å². The summed E-state index contributed by atoms with van der Waals surface area (Å²) in [5, 5.41) is 9.48. The lowest BCUT2D eigenvalue weighted by Gasteiger charge is -2.12. The molecule has 1 aromatic carbocycles. The SMILES string of the molecule is Cc1c(C(=O)O)c(=O)c2cc(Br)ccc2n1C. The molecular weight excluding hydrogens is 286 g/mol. The van der Waals surface area contributed by atoms with Gasteiger partial charge in [0.15, 0.2) is 0 Å². The number of aromatic nitrogens is 1. The number of pyridine rings is 1. The normalized spacial score (nSPS) is 10.8. The number of rotatable bonds is 1. The van der Waals surface area contributed by atoms with Crippen molar-refractivity contribution in [2.75, 3.05) is 0 Å². The van der Waals surface area contributed by atoms with Gasteiger partial charge in [0.05, 0.1) is 5.52 Å². The van der Waals surface area contributed by atoms with Gasteiger partial charge in [0.2, 0.25) is 5.43 Å². The highest BCUT2D eigenvalue weighted by Gasteiger charge is 2.17. The second-order valence-corrected chi connectivity index (χ2v) is 4.73. The Morgan fingerprint density at radius 1 is 1.41 bits per heavy atom. The predicted molar refractivity (Wildman–Crippen MR) is 68.6 cm³/mol. The van der Waals surface area contributed by atoms with E-state index in [1.807, 2.05) is 6.07 Å². The third-order valence-electron chi connectivity index (χ3n) is 2.87. The number of halogens is 1. The molecule has 0 saturated heterocycles. The summed E-state index contributed by atoms with van der Waals surface area (Å²) in [6.45, 7) is 1.63. The van der Waals surface area contributed by atoms with E-state index in [4.69, 9.17) is 5.11 Å². The highest BCUT2D eigenvalue weighted by Crippen LogP contribution is 2.19. The van der Waals surface area contributed by atoms with Crippen LogP contribution in [0.25, 0.3) is 10.9 Å². The van der Waals surface area contributed by atoms with Gasteiger partial charge >= 0.3 is 5.97 Å². The molecule has 0 aliphatic rings. The molecule has 2 aromatic rings. The molecule has 0 atom stereocenters. The highest BCUT2D eigenvalue weighted by atomic mass is 79.9. The number of carboxylic acids is 1. The molecule has 0 aliphatic heterocycles. The van der Waals surface area contributed by atoms with Gasteiger partial charge < -0.3 is 9.67 Å². The lowest BCUT2D eigenvalue weighted by Crippen LogP contribution is -2.21. The molecular formula is C12H10BrNO3. The first kappa shape index (κ1) is 11.9. The van der Waals surface area contributed by atoms with Gasteiger partial charge in [0.25, 0.3) is 0 Å². The van der Waals surface area contributed by atoms with Crippen molar-refractivity contribution >= 4 is 32.8 Å². The number of aryl methyl sites for hydroxylation is 1. The summed E-state index contributed by atoms with van der Waals surface area (Å²) in [7, 11) is 1.75. The Morgan fingerprint density at radius 3 is 2.65 bits per heavy atom. The minimum atomic E-state index is -1.19. The summed E-state index contributed by atoms with van der Waals surface area (Å²) in [6.07, 6.45) is 0. The first-order valence-electron chi connectivity index (χ1n) is 4.95. The van der Waals surface area contributed by atoms with Gasteiger partial charge in [-0.3, -0.25) is 4.79 Å². The number of carbonyl (C=O) groups is 1. The van der Waals surface area contributed by atoms with Gasteiger partial charge in [-0.2, -0.15) is 0 Å². The van der Waals surface area contributed by atoms with Crippen molar-refractivity contribution in [2.45, 2.75) is 6.92 Å². The number of nitrogens with zero attached hydrogens (tertiary/aromatic N) is 1. The molecule has 0 radical (unpaired) electrons. The number of hydrogen-bond acceptors (Lipinski definition) is 2. The fraction of sp³-hybridized carbons (Fsp3) is 0.167. The lowest BCUT2D eigenvalue weighted by molar-refractivity contribution is 0.0694. The Balaban J connectivity index is 3.06. The molecule has 5 heteroatoms. The zero-order valence-electron chi connectivity index (χ0n) is 9.32. The standard InChI is InChI=1S/C12H10BrNO3/c1-6-10(12(16)17)11(15)8-5-7(13)3-4-9(8)14(6)2/h3-5H,1-2H3,(H,16,17). The predicted octanol–water partition coefficient (Wildman–Crippen LogP) is 2.31. The topological polar surface area (TPSA) is 59.3 Å². The van der Waals surface area contributed by atoms with Gasteiger partial charge in [0, 0.05) is 22.6 Å². The molecule has 4 nitrogen and oxygen atoms in total. The van der Waals surface area contributed by atoms with Gasteiger partial charge in [0.1, 0.15) is 5.56 Å². The third kappa shape index (κ3) is 1.76. The molecule has 17 heavy (non-hydrogen) atoms. The molecule has 0 fully saturated rings. The summed E-state index contributed by atoms with van der Waals surface area (Å²) >= 11 is 3.28. The van der Waals surface area contributed by atoms with E-state index in [2.05, 4.69) is 15.9 Å². The zero-order chi connectivity index (χ0) is 12.7. The van der Waals surface area contributed by atoms with E-state index in [1.165, 1.54) is 0 Å². The van der Waals surface area contributed by atoms with E-state index < -0.39 is 11.4 Å². The van der Waals surface area contributed by atoms with Crippen LogP contribution in [-0.2, 0) is 7.05 Å². The highest BCUT2D eigenvalue weighted by molar-refractivity contribution is 9.10. The molecule has 88 valence electrons. The first-order chi connectivity index (χ1) is 7.93. The van der Waals surface area contributed by atoms with Crippen molar-refractivity contribution in [3.05, 3.63) is 44.2 Å². The molecule has 0 unspecified atom stereocenters. The number of benzene rings is 1. The average Bonchev–Trinajstić information content (AvgIpc) is 2.26. The molecule has 0 saturated carbocycles. The van der Waals surface area contributed by atoms with Crippen LogP contribution in [0.15, 0.2) is 27.5 Å². The first-order valence-corrected chi connectivity index (χ1v) is 5.75. The van der Waals surface area contributed by atoms with E-state index >= 15 is 0 Å². The van der Waals surface area contributed by atoms with E-state index in [0.717, 1.165) is 9.99 Å². The van der Waals surface area contributed by atoms with E-state index in [0.29, 0.717) is 11.1 Å². The molecule has 2 rings (SSSR count). The molecule has 1 N–H and O–H groups in total. The summed E-state index contributed by atoms with van der Waals surface area (Å²) in [5.74, 6) is -1.19. The Labute approximate surface area is 106 Å². The monoisotopic (exact) mass is 295 g/mol. The van der Waals surface area contributed by atoms with E-state index in [9.17, 15) is 9.59 Å². The largest absolute Gasteiger partial charge is 0.477 e. The number of fused-ring (bicyclic) bond motifs is 1. The van der Waals surface area contributed by atoms with Crippen LogP contribution in [0.2, 0.25) is 0 Å². The van der Waals surface area contributed by atoms with Crippen LogP contribution in [0.3, 0.4) is 0 Å². The minimum Gasteiger partial charge on any atom is -0.477 e. The second kappa shape index (κ2) is 4.00. The van der Waals surface area contributed by atoms with Crippen molar-refractivity contribution < 1.29 is 9.90 Å². The fourth-order valence-electron chi connectivity index (χ4n) is 1.88. The maximum atomic E-state index is 12.1. The van der Waals surface area contributed by atoms with Gasteiger partial charge in [-0.25, -0.2) is 4.79 Å². The van der Waals surface area contributed by atoms with E-state index in [1.54, 1.807) is 30.7 Å². The quantitative estimate of drug-likeness (QED) is 0.878. The minimum absolute atomic E-state index is 0.168. The number of aromatic carboxylic acids is 1. The van der Waals surface area contributed by atoms with Crippen LogP contribution >= 0.6 is 15.9 Å². The van der Waals surface area contributed by atoms with Gasteiger partial charge in [-0.05, 0) is 25.1 Å². The molecule has 1 aromatic heterocycles. The number of hydrogen-bond donors (Lipinski definition) is 1. The number of carboxylic acid groups (broad SMARTS) is 1.